The number of aromatic nitrogens is 1. The first-order valence-corrected chi connectivity index (χ1v) is 8.15. The zero-order valence-electron chi connectivity index (χ0n) is 15.2. The lowest BCUT2D eigenvalue weighted by Gasteiger charge is -2.22. The average molecular weight is 358 g/mol. The molecule has 0 saturated carbocycles. The van der Waals surface area contributed by atoms with Gasteiger partial charge in [-0.15, -0.1) is 0 Å². The van der Waals surface area contributed by atoms with Crippen molar-refractivity contribution in [2.24, 2.45) is 0 Å². The van der Waals surface area contributed by atoms with E-state index in [0.29, 0.717) is 0 Å². The maximum Gasteiger partial charge on any atom is 0.328 e. The van der Waals surface area contributed by atoms with Crippen LogP contribution in [0.2, 0.25) is 0 Å². The van der Waals surface area contributed by atoms with Crippen molar-refractivity contribution in [1.29, 1.82) is 0 Å². The Hall–Kier alpha value is -2.96. The van der Waals surface area contributed by atoms with Crippen LogP contribution >= 0.6 is 0 Å². The molecule has 1 aromatic heterocycles. The molecule has 1 amide bonds. The molecule has 26 heavy (non-hydrogen) atoms. The number of benzene rings is 1. The lowest BCUT2D eigenvalue weighted by atomic mass is 10.1. The van der Waals surface area contributed by atoms with Crippen molar-refractivity contribution in [3.63, 3.8) is 0 Å². The van der Waals surface area contributed by atoms with Gasteiger partial charge in [0.1, 0.15) is 11.6 Å². The SMILES string of the molecule is COC(=O)[C@@H](CC(=O)OC(C)(C)C)NC(=O)c1cnc2ccccc2c1. The van der Waals surface area contributed by atoms with Gasteiger partial charge in [0, 0.05) is 11.6 Å². The summed E-state index contributed by atoms with van der Waals surface area (Å²) in [6, 6.07) is 7.87. The molecule has 2 aromatic rings. The van der Waals surface area contributed by atoms with Gasteiger partial charge in [0.2, 0.25) is 0 Å². The second-order valence-corrected chi connectivity index (χ2v) is 6.76. The minimum absolute atomic E-state index is 0.279. The van der Waals surface area contributed by atoms with Crippen LogP contribution in [0.15, 0.2) is 36.5 Å². The number of amides is 1. The molecule has 2 rings (SSSR count). The van der Waals surface area contributed by atoms with Crippen molar-refractivity contribution >= 4 is 28.7 Å². The number of carbonyl (C=O) groups excluding carboxylic acids is 3. The maximum atomic E-state index is 12.5. The van der Waals surface area contributed by atoms with E-state index in [2.05, 4.69) is 15.0 Å². The first-order valence-electron chi connectivity index (χ1n) is 8.15. The Kier molecular flexibility index (Phi) is 5.92. The van der Waals surface area contributed by atoms with Gasteiger partial charge in [-0.2, -0.15) is 0 Å². The molecule has 0 unspecified atom stereocenters. The summed E-state index contributed by atoms with van der Waals surface area (Å²) in [5, 5.41) is 3.30. The number of fused-ring (bicyclic) bond motifs is 1. The standard InChI is InChI=1S/C19H22N2O5/c1-19(2,3)26-16(22)10-15(18(24)25-4)21-17(23)13-9-12-7-5-6-8-14(12)20-11-13/h5-9,11,15H,10H2,1-4H3,(H,21,23)/t15-/m1/s1. The average Bonchev–Trinajstić information content (AvgIpc) is 2.58. The van der Waals surface area contributed by atoms with Crippen LogP contribution in [0.3, 0.4) is 0 Å². The van der Waals surface area contributed by atoms with Gasteiger partial charge in [-0.25, -0.2) is 4.79 Å². The quantitative estimate of drug-likeness (QED) is 0.824. The molecule has 1 heterocycles. The number of methoxy groups -OCH3 is 1. The summed E-state index contributed by atoms with van der Waals surface area (Å²) in [7, 11) is 1.19. The molecule has 1 atom stereocenters. The molecular weight excluding hydrogens is 336 g/mol. The predicted molar refractivity (Wildman–Crippen MR) is 95.5 cm³/mol. The molecule has 7 nitrogen and oxygen atoms in total. The van der Waals surface area contributed by atoms with Gasteiger partial charge in [0.25, 0.3) is 5.91 Å². The normalized spacial score (nSPS) is 12.3. The third kappa shape index (κ3) is 5.27. The van der Waals surface area contributed by atoms with E-state index < -0.39 is 29.5 Å². The summed E-state index contributed by atoms with van der Waals surface area (Å²) < 4.78 is 9.87. The van der Waals surface area contributed by atoms with Crippen molar-refractivity contribution in [3.8, 4) is 0 Å². The van der Waals surface area contributed by atoms with Crippen molar-refractivity contribution in [1.82, 2.24) is 10.3 Å². The van der Waals surface area contributed by atoms with E-state index in [1.165, 1.54) is 13.3 Å². The molecular formula is C19H22N2O5. The minimum Gasteiger partial charge on any atom is -0.467 e. The van der Waals surface area contributed by atoms with Gasteiger partial charge >= 0.3 is 11.9 Å². The highest BCUT2D eigenvalue weighted by atomic mass is 16.6. The van der Waals surface area contributed by atoms with E-state index in [1.807, 2.05) is 24.3 Å². The molecule has 0 radical (unpaired) electrons. The third-order valence-electron chi connectivity index (χ3n) is 3.43. The first-order chi connectivity index (χ1) is 12.2. The monoisotopic (exact) mass is 358 g/mol. The molecule has 1 N–H and O–H groups in total. The molecule has 1 aromatic carbocycles. The molecule has 138 valence electrons. The van der Waals surface area contributed by atoms with Crippen molar-refractivity contribution in [2.75, 3.05) is 7.11 Å². The topological polar surface area (TPSA) is 94.6 Å². The van der Waals surface area contributed by atoms with Crippen molar-refractivity contribution < 1.29 is 23.9 Å². The van der Waals surface area contributed by atoms with E-state index in [0.717, 1.165) is 10.9 Å². The van der Waals surface area contributed by atoms with Crippen LogP contribution in [0, 0.1) is 0 Å². The molecule has 0 aliphatic heterocycles. The van der Waals surface area contributed by atoms with Crippen LogP contribution in [0.25, 0.3) is 10.9 Å². The second-order valence-electron chi connectivity index (χ2n) is 6.76. The molecule has 0 bridgehead atoms. The van der Waals surface area contributed by atoms with Gasteiger partial charge in [0.15, 0.2) is 0 Å². The number of esters is 2. The van der Waals surface area contributed by atoms with E-state index in [1.54, 1.807) is 26.8 Å². The Balaban J connectivity index is 2.14. The summed E-state index contributed by atoms with van der Waals surface area (Å²) in [4.78, 5) is 40.6. The van der Waals surface area contributed by atoms with E-state index in [4.69, 9.17) is 4.74 Å². The van der Waals surface area contributed by atoms with Crippen LogP contribution in [-0.2, 0) is 19.1 Å². The molecule has 0 aliphatic rings. The Morgan fingerprint density at radius 3 is 2.54 bits per heavy atom. The number of hydrogen-bond donors (Lipinski definition) is 1. The number of pyridine rings is 1. The van der Waals surface area contributed by atoms with Crippen LogP contribution in [0.5, 0.6) is 0 Å². The highest BCUT2D eigenvalue weighted by Gasteiger charge is 2.28. The molecule has 0 saturated heterocycles. The Labute approximate surface area is 151 Å². The van der Waals surface area contributed by atoms with E-state index >= 15 is 0 Å². The summed E-state index contributed by atoms with van der Waals surface area (Å²) in [6.45, 7) is 5.16. The number of nitrogens with zero attached hydrogens (tertiary/aromatic N) is 1. The van der Waals surface area contributed by atoms with E-state index in [9.17, 15) is 14.4 Å². The fraction of sp³-hybridized carbons (Fsp3) is 0.368. The molecule has 0 spiro atoms. The Bertz CT molecular complexity index is 826. The third-order valence-corrected chi connectivity index (χ3v) is 3.43. The Morgan fingerprint density at radius 2 is 1.88 bits per heavy atom. The fourth-order valence-corrected chi connectivity index (χ4v) is 2.32. The number of nitrogens with one attached hydrogen (secondary N) is 1. The van der Waals surface area contributed by atoms with Crippen molar-refractivity contribution in [3.05, 3.63) is 42.1 Å². The van der Waals surface area contributed by atoms with Gasteiger partial charge < -0.3 is 14.8 Å². The van der Waals surface area contributed by atoms with Crippen LogP contribution in [-0.4, -0.2) is 41.6 Å². The zero-order valence-corrected chi connectivity index (χ0v) is 15.2. The van der Waals surface area contributed by atoms with Crippen LogP contribution < -0.4 is 5.32 Å². The molecule has 0 fully saturated rings. The predicted octanol–water partition coefficient (Wildman–Crippen LogP) is 2.24. The highest BCUT2D eigenvalue weighted by Crippen LogP contribution is 2.14. The highest BCUT2D eigenvalue weighted by molar-refractivity contribution is 5.99. The maximum absolute atomic E-state index is 12.5. The summed E-state index contributed by atoms with van der Waals surface area (Å²) in [5.41, 5.74) is 0.341. The summed E-state index contributed by atoms with van der Waals surface area (Å²) in [6.07, 6.45) is 1.09. The van der Waals surface area contributed by atoms with Crippen LogP contribution in [0.1, 0.15) is 37.6 Å². The second kappa shape index (κ2) is 7.95. The molecule has 7 heteroatoms. The number of hydrogen-bond acceptors (Lipinski definition) is 6. The lowest BCUT2D eigenvalue weighted by molar-refractivity contribution is -0.158. The number of rotatable bonds is 5. The number of carbonyl (C=O) groups is 3. The van der Waals surface area contributed by atoms with Gasteiger partial charge in [-0.3, -0.25) is 14.6 Å². The molecule has 0 aliphatic carbocycles. The summed E-state index contributed by atoms with van der Waals surface area (Å²) >= 11 is 0. The van der Waals surface area contributed by atoms with Gasteiger partial charge in [-0.05, 0) is 32.9 Å². The van der Waals surface area contributed by atoms with Crippen molar-refractivity contribution in [2.45, 2.75) is 38.8 Å². The number of para-hydroxylation sites is 1. The van der Waals surface area contributed by atoms with Crippen LogP contribution in [0.4, 0.5) is 0 Å². The van der Waals surface area contributed by atoms with E-state index in [-0.39, 0.29) is 12.0 Å². The summed E-state index contributed by atoms with van der Waals surface area (Å²) in [5.74, 6) is -1.86. The smallest absolute Gasteiger partial charge is 0.328 e. The lowest BCUT2D eigenvalue weighted by Crippen LogP contribution is -2.44. The largest absolute Gasteiger partial charge is 0.467 e. The Morgan fingerprint density at radius 1 is 1.19 bits per heavy atom. The zero-order chi connectivity index (χ0) is 19.3. The van der Waals surface area contributed by atoms with Gasteiger partial charge in [0.05, 0.1) is 24.6 Å². The minimum atomic E-state index is -1.14. The fourth-order valence-electron chi connectivity index (χ4n) is 2.32. The number of ether oxygens (including phenoxy) is 2. The van der Waals surface area contributed by atoms with Gasteiger partial charge in [-0.1, -0.05) is 18.2 Å². The first kappa shape index (κ1) is 19.4.